The Morgan fingerprint density at radius 1 is 1.20 bits per heavy atom. The standard InChI is InChI=1S/C28H32F3N5O4/c1-35(23(37)21(11-10-16-6-7-16)34-26(40)28(29,30)31)22(12-17-8-9-17)24(38)36-15-27(13-18(36)14-32)19-4-2-3-5-20(19)33-25(27)39/h2-5,16-18,21-22H,6-13,15H2,1H3,(H,33,39)(H,34,40)/t18-,21-,22-,27-/m0/s1. The normalized spacial score (nSPS) is 25.1. The molecule has 2 N–H and O–H groups in total. The smallest absolute Gasteiger partial charge is 0.336 e. The molecule has 4 atom stereocenters. The van der Waals surface area contributed by atoms with E-state index in [4.69, 9.17) is 0 Å². The number of halogens is 3. The second-order valence-electron chi connectivity index (χ2n) is 11.6. The Balaban J connectivity index is 1.39. The molecule has 0 bridgehead atoms. The van der Waals surface area contributed by atoms with E-state index in [2.05, 4.69) is 11.4 Å². The number of fused-ring (bicyclic) bond motifs is 2. The average Bonchev–Trinajstić information content (AvgIpc) is 3.86. The van der Waals surface area contributed by atoms with Gasteiger partial charge in [-0.05, 0) is 42.7 Å². The number of anilines is 1. The fourth-order valence-corrected chi connectivity index (χ4v) is 5.98. The van der Waals surface area contributed by atoms with Crippen LogP contribution in [0, 0.1) is 23.2 Å². The summed E-state index contributed by atoms with van der Waals surface area (Å²) in [5.74, 6) is -3.33. The van der Waals surface area contributed by atoms with Crippen LogP contribution in [0.3, 0.4) is 0 Å². The number of nitriles is 1. The van der Waals surface area contributed by atoms with Crippen molar-refractivity contribution in [3.63, 3.8) is 0 Å². The monoisotopic (exact) mass is 559 g/mol. The number of benzene rings is 1. The number of carbonyl (C=O) groups excluding carboxylic acids is 4. The molecule has 5 rings (SSSR count). The molecule has 4 amide bonds. The van der Waals surface area contributed by atoms with E-state index in [1.165, 1.54) is 11.9 Å². The summed E-state index contributed by atoms with van der Waals surface area (Å²) in [6, 6.07) is 5.84. The number of nitrogens with zero attached hydrogens (tertiary/aromatic N) is 3. The quantitative estimate of drug-likeness (QED) is 0.482. The molecule has 9 nitrogen and oxygen atoms in total. The van der Waals surface area contributed by atoms with Gasteiger partial charge in [0, 0.05) is 25.7 Å². The van der Waals surface area contributed by atoms with Crippen molar-refractivity contribution in [1.29, 1.82) is 5.26 Å². The molecule has 2 aliphatic heterocycles. The van der Waals surface area contributed by atoms with E-state index in [0.29, 0.717) is 23.6 Å². The van der Waals surface area contributed by atoms with Gasteiger partial charge < -0.3 is 20.4 Å². The molecule has 1 spiro atoms. The molecule has 0 unspecified atom stereocenters. The van der Waals surface area contributed by atoms with E-state index < -0.39 is 47.4 Å². The Morgan fingerprint density at radius 2 is 1.88 bits per heavy atom. The largest absolute Gasteiger partial charge is 0.471 e. The highest BCUT2D eigenvalue weighted by atomic mass is 19.4. The van der Waals surface area contributed by atoms with Gasteiger partial charge in [0.05, 0.1) is 11.5 Å². The minimum Gasteiger partial charge on any atom is -0.336 e. The van der Waals surface area contributed by atoms with Crippen molar-refractivity contribution >= 4 is 29.3 Å². The lowest BCUT2D eigenvalue weighted by molar-refractivity contribution is -0.175. The number of nitrogens with one attached hydrogen (secondary N) is 2. The Bertz CT molecular complexity index is 1260. The van der Waals surface area contributed by atoms with Crippen LogP contribution in [0.4, 0.5) is 18.9 Å². The van der Waals surface area contributed by atoms with E-state index >= 15 is 0 Å². The summed E-state index contributed by atoms with van der Waals surface area (Å²) < 4.78 is 39.2. The predicted molar refractivity (Wildman–Crippen MR) is 136 cm³/mol. The Morgan fingerprint density at radius 3 is 2.50 bits per heavy atom. The fraction of sp³-hybridized carbons (Fsp3) is 0.607. The van der Waals surface area contributed by atoms with Gasteiger partial charge in [0.1, 0.15) is 18.1 Å². The first-order valence-corrected chi connectivity index (χ1v) is 13.7. The van der Waals surface area contributed by atoms with Crippen molar-refractivity contribution in [3.8, 4) is 6.07 Å². The topological polar surface area (TPSA) is 123 Å². The zero-order valence-electron chi connectivity index (χ0n) is 22.2. The molecule has 1 aromatic carbocycles. The SMILES string of the molecule is CN(C(=O)[C@H](CCC1CC1)NC(=O)C(F)(F)F)[C@@H](CC1CC1)C(=O)N1C[C@]2(C[C@H]1C#N)C(=O)Nc1ccccc12. The fourth-order valence-electron chi connectivity index (χ4n) is 5.98. The molecule has 2 heterocycles. The zero-order valence-corrected chi connectivity index (χ0v) is 22.2. The van der Waals surface area contributed by atoms with E-state index in [1.54, 1.807) is 24.3 Å². The van der Waals surface area contributed by atoms with Crippen LogP contribution in [0.25, 0.3) is 0 Å². The maximum absolute atomic E-state index is 14.0. The van der Waals surface area contributed by atoms with Crippen molar-refractivity contribution in [1.82, 2.24) is 15.1 Å². The summed E-state index contributed by atoms with van der Waals surface area (Å²) in [5, 5.41) is 14.6. The lowest BCUT2D eigenvalue weighted by Gasteiger charge is -2.34. The van der Waals surface area contributed by atoms with Gasteiger partial charge in [-0.2, -0.15) is 18.4 Å². The molecular weight excluding hydrogens is 527 g/mol. The van der Waals surface area contributed by atoms with Crippen molar-refractivity contribution < 1.29 is 32.3 Å². The molecule has 2 aliphatic carbocycles. The molecule has 0 aromatic heterocycles. The van der Waals surface area contributed by atoms with Crippen molar-refractivity contribution in [2.24, 2.45) is 11.8 Å². The highest BCUT2D eigenvalue weighted by molar-refractivity contribution is 6.07. The van der Waals surface area contributed by atoms with Gasteiger partial charge >= 0.3 is 12.1 Å². The summed E-state index contributed by atoms with van der Waals surface area (Å²) in [6.07, 6.45) is -0.695. The molecule has 1 saturated heterocycles. The third-order valence-electron chi connectivity index (χ3n) is 8.69. The van der Waals surface area contributed by atoms with E-state index in [9.17, 15) is 37.6 Å². The van der Waals surface area contributed by atoms with Crippen LogP contribution in [0.2, 0.25) is 0 Å². The number of likely N-dealkylation sites (tertiary alicyclic amines) is 1. The highest BCUT2D eigenvalue weighted by Crippen LogP contribution is 2.47. The number of rotatable bonds is 9. The number of hydrogen-bond donors (Lipinski definition) is 2. The molecular formula is C28H32F3N5O4. The first-order chi connectivity index (χ1) is 18.9. The van der Waals surface area contributed by atoms with Gasteiger partial charge in [0.2, 0.25) is 17.7 Å². The minimum atomic E-state index is -5.15. The van der Waals surface area contributed by atoms with Crippen LogP contribution in [0.1, 0.15) is 56.9 Å². The number of hydrogen-bond acceptors (Lipinski definition) is 5. The molecule has 40 heavy (non-hydrogen) atoms. The van der Waals surface area contributed by atoms with Gasteiger partial charge in [-0.1, -0.05) is 43.9 Å². The third-order valence-corrected chi connectivity index (χ3v) is 8.69. The van der Waals surface area contributed by atoms with Gasteiger partial charge in [-0.3, -0.25) is 19.2 Å². The molecule has 0 radical (unpaired) electrons. The van der Waals surface area contributed by atoms with Crippen molar-refractivity contribution in [2.45, 2.75) is 81.1 Å². The van der Waals surface area contributed by atoms with Crippen LogP contribution in [-0.4, -0.2) is 71.3 Å². The minimum absolute atomic E-state index is 0.0323. The Hall–Kier alpha value is -3.62. The van der Waals surface area contributed by atoms with Gasteiger partial charge in [0.15, 0.2) is 0 Å². The van der Waals surface area contributed by atoms with E-state index in [1.807, 2.05) is 5.32 Å². The maximum atomic E-state index is 14.0. The van der Waals surface area contributed by atoms with Gasteiger partial charge in [-0.15, -0.1) is 0 Å². The summed E-state index contributed by atoms with van der Waals surface area (Å²) in [6.45, 7) is -0.0496. The molecule has 2 saturated carbocycles. The summed E-state index contributed by atoms with van der Waals surface area (Å²) in [4.78, 5) is 55.0. The maximum Gasteiger partial charge on any atom is 0.471 e. The second kappa shape index (κ2) is 10.4. The molecule has 214 valence electrons. The summed E-state index contributed by atoms with van der Waals surface area (Å²) >= 11 is 0. The summed E-state index contributed by atoms with van der Waals surface area (Å²) in [5.41, 5.74) is 0.222. The number of amides is 4. The van der Waals surface area contributed by atoms with Gasteiger partial charge in [-0.25, -0.2) is 0 Å². The van der Waals surface area contributed by atoms with E-state index in [0.717, 1.165) is 30.6 Å². The predicted octanol–water partition coefficient (Wildman–Crippen LogP) is 2.87. The number of alkyl halides is 3. The van der Waals surface area contributed by atoms with Gasteiger partial charge in [0.25, 0.3) is 0 Å². The number of likely N-dealkylation sites (N-methyl/N-ethyl adjacent to an activating group) is 1. The molecule has 3 fully saturated rings. The zero-order chi connectivity index (χ0) is 28.8. The lowest BCUT2D eigenvalue weighted by Crippen LogP contribution is -2.57. The highest BCUT2D eigenvalue weighted by Gasteiger charge is 2.57. The Kier molecular flexibility index (Phi) is 7.27. The molecule has 1 aromatic rings. The van der Waals surface area contributed by atoms with Crippen LogP contribution >= 0.6 is 0 Å². The first kappa shape index (κ1) is 27.9. The Labute approximate surface area is 230 Å². The molecule has 12 heteroatoms. The van der Waals surface area contributed by atoms with Crippen LogP contribution in [-0.2, 0) is 24.6 Å². The second-order valence-corrected chi connectivity index (χ2v) is 11.6. The van der Waals surface area contributed by atoms with Crippen LogP contribution in [0.5, 0.6) is 0 Å². The number of para-hydroxylation sites is 1. The molecule has 4 aliphatic rings. The van der Waals surface area contributed by atoms with Crippen molar-refractivity contribution in [2.75, 3.05) is 18.9 Å². The van der Waals surface area contributed by atoms with Crippen LogP contribution < -0.4 is 10.6 Å². The number of carbonyl (C=O) groups is 4. The van der Waals surface area contributed by atoms with E-state index in [-0.39, 0.29) is 37.6 Å². The van der Waals surface area contributed by atoms with Crippen molar-refractivity contribution in [3.05, 3.63) is 29.8 Å². The van der Waals surface area contributed by atoms with Crippen LogP contribution in [0.15, 0.2) is 24.3 Å². The average molecular weight is 560 g/mol. The first-order valence-electron chi connectivity index (χ1n) is 13.7. The summed E-state index contributed by atoms with van der Waals surface area (Å²) in [7, 11) is 1.36. The lowest BCUT2D eigenvalue weighted by atomic mass is 9.80. The third kappa shape index (κ3) is 5.38.